The molecule has 0 fully saturated rings. The van der Waals surface area contributed by atoms with Crippen LogP contribution in [-0.2, 0) is 9.47 Å². The van der Waals surface area contributed by atoms with Gasteiger partial charge in [0.1, 0.15) is 0 Å². The number of ether oxygens (including phenoxy) is 2. The Morgan fingerprint density at radius 2 is 0.784 bits per heavy atom. The number of aliphatic hydroxyl groups is 2. The zero-order chi connectivity index (χ0) is 27.8. The molecule has 0 saturated heterocycles. The fraction of sp³-hybridized carbons (Fsp3) is 1.00. The molecule has 37 heavy (non-hydrogen) atoms. The Labute approximate surface area is 222 Å². The predicted octanol–water partition coefficient (Wildman–Crippen LogP) is -6.23. The van der Waals surface area contributed by atoms with Crippen molar-refractivity contribution in [2.24, 2.45) is 0 Å². The van der Waals surface area contributed by atoms with E-state index in [1.165, 1.54) is 0 Å². The Kier molecular flexibility index (Phi) is 23.6. The Balaban J connectivity index is 3.25. The van der Waals surface area contributed by atoms with E-state index >= 15 is 0 Å². The van der Waals surface area contributed by atoms with Crippen LogP contribution in [0.1, 0.15) is 12.8 Å². The summed E-state index contributed by atoms with van der Waals surface area (Å²) in [5.74, 6) is 0. The van der Waals surface area contributed by atoms with Crippen LogP contribution in [0.15, 0.2) is 0 Å². The van der Waals surface area contributed by atoms with Crippen LogP contribution in [-0.4, -0.2) is 161 Å². The summed E-state index contributed by atoms with van der Waals surface area (Å²) >= 11 is 0. The summed E-state index contributed by atoms with van der Waals surface area (Å²) in [6.07, 6.45) is -0.600. The van der Waals surface area contributed by atoms with Crippen LogP contribution in [0.5, 0.6) is 0 Å². The van der Waals surface area contributed by atoms with Gasteiger partial charge in [0.05, 0.1) is 0 Å². The predicted molar refractivity (Wildman–Crippen MR) is 144 cm³/mol. The molecule has 0 amide bonds. The van der Waals surface area contributed by atoms with E-state index in [2.05, 4.69) is 26.6 Å². The minimum atomic E-state index is -4.26. The number of aliphatic hydroxyl groups excluding tert-OH is 2. The molecule has 13 N–H and O–H groups in total. The molecule has 2 unspecified atom stereocenters. The molecule has 0 aliphatic carbocycles. The van der Waals surface area contributed by atoms with Gasteiger partial charge in [-0.3, -0.25) is 0 Å². The van der Waals surface area contributed by atoms with Gasteiger partial charge in [-0.15, -0.1) is 0 Å². The van der Waals surface area contributed by atoms with Crippen molar-refractivity contribution >= 4 is 17.6 Å². The van der Waals surface area contributed by atoms with Gasteiger partial charge in [0.2, 0.25) is 0 Å². The molecule has 0 heterocycles. The first-order valence-electron chi connectivity index (χ1n) is 13.2. The van der Waals surface area contributed by atoms with Crippen LogP contribution in [0.4, 0.5) is 0 Å². The average molecular weight is 580 g/mol. The van der Waals surface area contributed by atoms with Gasteiger partial charge < -0.3 is 5.32 Å². The molecule has 0 radical (unpaired) electrons. The van der Waals surface area contributed by atoms with E-state index in [0.29, 0.717) is 39.0 Å². The van der Waals surface area contributed by atoms with Crippen molar-refractivity contribution in [3.8, 4) is 0 Å². The number of hydrogen-bond donors (Lipinski definition) is 13. The molecule has 15 nitrogen and oxygen atoms in total. The molecule has 0 saturated carbocycles. The van der Waals surface area contributed by atoms with E-state index in [0.717, 1.165) is 39.3 Å². The molecule has 0 aliphatic rings. The molecule has 2 atom stereocenters. The summed E-state index contributed by atoms with van der Waals surface area (Å²) in [7, 11) is -8.52. The molecular formula is C20H53N5O10Si2-2. The van der Waals surface area contributed by atoms with Crippen molar-refractivity contribution in [3.05, 3.63) is 0 Å². The summed E-state index contributed by atoms with van der Waals surface area (Å²) in [5, 5.41) is 35.7. The summed E-state index contributed by atoms with van der Waals surface area (Å²) in [6.45, 7) is 7.90. The minimum absolute atomic E-state index is 0.0445. The molecule has 0 bridgehead atoms. The zero-order valence-electron chi connectivity index (χ0n) is 21.9. The van der Waals surface area contributed by atoms with Crippen molar-refractivity contribution in [1.29, 1.82) is 0 Å². The maximum atomic E-state index is 9.79. The number of nitrogens with one attached hydrogen (secondary N) is 5. The molecule has 0 aromatic heterocycles. The van der Waals surface area contributed by atoms with Gasteiger partial charge in [-0.25, -0.2) is 0 Å². The van der Waals surface area contributed by atoms with E-state index in [-0.39, 0.29) is 38.5 Å². The number of hydrogen-bond acceptors (Lipinski definition) is 15. The van der Waals surface area contributed by atoms with Crippen molar-refractivity contribution in [2.75, 3.05) is 91.9 Å². The van der Waals surface area contributed by atoms with Gasteiger partial charge in [0.25, 0.3) is 0 Å². The normalized spacial score (nSPS) is 15.1. The van der Waals surface area contributed by atoms with Gasteiger partial charge in [-0.05, 0) is 0 Å². The van der Waals surface area contributed by atoms with Crippen LogP contribution in [0.2, 0.25) is 12.1 Å². The average Bonchev–Trinajstić information content (AvgIpc) is 2.79. The molecule has 0 aliphatic heterocycles. The van der Waals surface area contributed by atoms with E-state index in [4.69, 9.17) is 38.2 Å². The fourth-order valence-corrected chi connectivity index (χ4v) is 4.52. The Bertz CT molecular complexity index is 465. The first kappa shape index (κ1) is 36.8. The van der Waals surface area contributed by atoms with Crippen LogP contribution in [0.25, 0.3) is 0 Å². The summed E-state index contributed by atoms with van der Waals surface area (Å²) in [6, 6.07) is -0.0890. The molecule has 228 valence electrons. The van der Waals surface area contributed by atoms with Gasteiger partial charge in [-0.1, -0.05) is 0 Å². The van der Waals surface area contributed by atoms with Crippen LogP contribution in [0.3, 0.4) is 0 Å². The second-order valence-corrected chi connectivity index (χ2v) is 13.9. The third-order valence-electron chi connectivity index (χ3n) is 5.05. The maximum absolute atomic E-state index is 9.79. The SMILES string of the molecule is OC(CNCCNCCNCCNCCNCC(O)COCCC[SiH-](O)(O)O)COCCC[SiH-](O)(O)O. The van der Waals surface area contributed by atoms with Gasteiger partial charge in [0, 0.05) is 13.1 Å². The van der Waals surface area contributed by atoms with E-state index in [9.17, 15) is 10.2 Å². The van der Waals surface area contributed by atoms with E-state index in [1.807, 2.05) is 0 Å². The van der Waals surface area contributed by atoms with Gasteiger partial charge >= 0.3 is 203 Å². The monoisotopic (exact) mass is 579 g/mol. The Hall–Kier alpha value is -0.166. The molecule has 0 aromatic rings. The second-order valence-electron chi connectivity index (χ2n) is 9.19. The number of rotatable bonds is 28. The van der Waals surface area contributed by atoms with Crippen LogP contribution in [0, 0.1) is 0 Å². The van der Waals surface area contributed by atoms with Crippen LogP contribution >= 0.6 is 0 Å². The standard InChI is InChI=1S/C20H53N5O10Si2/c26-19(17-34-11-1-13-36(28,29)30)15-24-9-7-22-5-3-21-4-6-23-8-10-25-16-20(27)18-35-12-2-14-37(31,32)33/h19-33,36-37H,1-18H2/q-2. The third-order valence-corrected chi connectivity index (χ3v) is 7.42. The van der Waals surface area contributed by atoms with E-state index in [1.54, 1.807) is 0 Å². The first-order chi connectivity index (χ1) is 17.5. The Morgan fingerprint density at radius 1 is 0.486 bits per heavy atom. The first-order valence-corrected chi connectivity index (χ1v) is 17.9. The second kappa shape index (κ2) is 23.7. The van der Waals surface area contributed by atoms with Crippen LogP contribution < -0.4 is 26.6 Å². The molecule has 0 spiro atoms. The van der Waals surface area contributed by atoms with E-state index < -0.39 is 29.8 Å². The third kappa shape index (κ3) is 31.9. The van der Waals surface area contributed by atoms with Gasteiger partial charge in [0.15, 0.2) is 0 Å². The van der Waals surface area contributed by atoms with Gasteiger partial charge in [-0.2, -0.15) is 0 Å². The van der Waals surface area contributed by atoms with Crippen molar-refractivity contribution in [3.63, 3.8) is 0 Å². The molecule has 17 heteroatoms. The summed E-state index contributed by atoms with van der Waals surface area (Å²) in [5.41, 5.74) is 0. The fourth-order valence-electron chi connectivity index (χ4n) is 3.09. The summed E-state index contributed by atoms with van der Waals surface area (Å²) in [4.78, 5) is 53.4. The summed E-state index contributed by atoms with van der Waals surface area (Å²) < 4.78 is 10.5. The van der Waals surface area contributed by atoms with Crippen molar-refractivity contribution in [2.45, 2.75) is 37.1 Å². The quantitative estimate of drug-likeness (QED) is 0.0305. The topological polar surface area (TPSA) is 240 Å². The van der Waals surface area contributed by atoms with Crippen molar-refractivity contribution in [1.82, 2.24) is 26.6 Å². The molecule has 0 rings (SSSR count). The Morgan fingerprint density at radius 3 is 1.08 bits per heavy atom. The zero-order valence-corrected chi connectivity index (χ0v) is 24.2. The molecule has 0 aromatic carbocycles. The van der Waals surface area contributed by atoms with Crippen molar-refractivity contribution < 1.29 is 48.5 Å². The molecular weight excluding hydrogens is 526 g/mol.